The maximum absolute atomic E-state index is 13.7. The third-order valence-electron chi connectivity index (χ3n) is 2.63. The topological polar surface area (TPSA) is 59.4 Å². The van der Waals surface area contributed by atoms with Gasteiger partial charge in [0, 0.05) is 11.1 Å². The summed E-state index contributed by atoms with van der Waals surface area (Å²) in [6, 6.07) is 7.46. The van der Waals surface area contributed by atoms with E-state index in [0.717, 1.165) is 12.1 Å². The Morgan fingerprint density at radius 2 is 1.95 bits per heavy atom. The zero-order valence-corrected chi connectivity index (χ0v) is 10.9. The second-order valence-corrected chi connectivity index (χ2v) is 4.29. The van der Waals surface area contributed by atoms with E-state index in [0.29, 0.717) is 0 Å². The van der Waals surface area contributed by atoms with Crippen LogP contribution >= 0.6 is 0 Å². The van der Waals surface area contributed by atoms with Gasteiger partial charge >= 0.3 is 12.3 Å². The summed E-state index contributed by atoms with van der Waals surface area (Å²) < 4.78 is 53.9. The summed E-state index contributed by atoms with van der Waals surface area (Å²) in [7, 11) is 0. The van der Waals surface area contributed by atoms with Gasteiger partial charge in [-0.05, 0) is 18.2 Å². The van der Waals surface area contributed by atoms with Gasteiger partial charge in [0.1, 0.15) is 5.75 Å². The van der Waals surface area contributed by atoms with Crippen LogP contribution in [0.25, 0.3) is 11.3 Å². The Morgan fingerprint density at radius 1 is 1.23 bits per heavy atom. The number of carboxylic acids is 1. The summed E-state index contributed by atoms with van der Waals surface area (Å²) in [5, 5.41) is 8.60. The van der Waals surface area contributed by atoms with Crippen molar-refractivity contribution in [3.05, 3.63) is 47.9 Å². The molecule has 2 aromatic rings. The summed E-state index contributed by atoms with van der Waals surface area (Å²) in [6.45, 7) is 0. The van der Waals surface area contributed by atoms with Crippen LogP contribution in [-0.4, -0.2) is 22.4 Å². The number of pyridine rings is 1. The number of rotatable bonds is 4. The number of alkyl halides is 3. The molecule has 0 fully saturated rings. The highest BCUT2D eigenvalue weighted by molar-refractivity contribution is 5.70. The molecule has 0 aliphatic carbocycles. The van der Waals surface area contributed by atoms with Crippen LogP contribution < -0.4 is 4.74 Å². The lowest BCUT2D eigenvalue weighted by Gasteiger charge is -2.10. The van der Waals surface area contributed by atoms with Crippen LogP contribution in [0.3, 0.4) is 0 Å². The lowest BCUT2D eigenvalue weighted by atomic mass is 10.1. The molecule has 0 atom stereocenters. The standard InChI is InChI=1S/C14H9F4NO3/c15-13-9(7-12(20)21)4-5-11(19-13)8-2-1-3-10(6-8)22-14(16,17)18/h1-6H,7H2,(H,20,21). The molecular weight excluding hydrogens is 306 g/mol. The number of aliphatic carboxylic acids is 1. The third-order valence-corrected chi connectivity index (χ3v) is 2.63. The minimum Gasteiger partial charge on any atom is -0.481 e. The van der Waals surface area contributed by atoms with E-state index < -0.39 is 30.4 Å². The van der Waals surface area contributed by atoms with E-state index in [1.165, 1.54) is 24.3 Å². The fraction of sp³-hybridized carbons (Fsp3) is 0.143. The van der Waals surface area contributed by atoms with Gasteiger partial charge in [0.05, 0.1) is 12.1 Å². The number of ether oxygens (including phenoxy) is 1. The Labute approximate surface area is 122 Å². The first-order valence-corrected chi connectivity index (χ1v) is 5.98. The molecule has 116 valence electrons. The van der Waals surface area contributed by atoms with Gasteiger partial charge in [0.2, 0.25) is 5.95 Å². The SMILES string of the molecule is O=C(O)Cc1ccc(-c2cccc(OC(F)(F)F)c2)nc1F. The van der Waals surface area contributed by atoms with Gasteiger partial charge in [-0.25, -0.2) is 4.98 Å². The van der Waals surface area contributed by atoms with Crippen LogP contribution in [0.1, 0.15) is 5.56 Å². The molecular formula is C14H9F4NO3. The van der Waals surface area contributed by atoms with Gasteiger partial charge in [-0.2, -0.15) is 4.39 Å². The molecule has 0 saturated heterocycles. The molecule has 0 bridgehead atoms. The first-order valence-electron chi connectivity index (χ1n) is 5.98. The maximum Gasteiger partial charge on any atom is 0.573 e. The molecule has 0 aliphatic rings. The molecule has 4 nitrogen and oxygen atoms in total. The van der Waals surface area contributed by atoms with Gasteiger partial charge in [-0.15, -0.1) is 13.2 Å². The molecule has 2 rings (SSSR count). The number of hydrogen-bond donors (Lipinski definition) is 1. The Balaban J connectivity index is 2.30. The Hall–Kier alpha value is -2.64. The van der Waals surface area contributed by atoms with Crippen LogP contribution in [0.5, 0.6) is 5.75 Å². The van der Waals surface area contributed by atoms with Gasteiger partial charge in [0.15, 0.2) is 0 Å². The first-order chi connectivity index (χ1) is 10.2. The predicted octanol–water partition coefficient (Wildman–Crippen LogP) is 3.41. The van der Waals surface area contributed by atoms with Crippen molar-refractivity contribution >= 4 is 5.97 Å². The van der Waals surface area contributed by atoms with Crippen molar-refractivity contribution in [1.82, 2.24) is 4.98 Å². The molecule has 1 aromatic heterocycles. The molecule has 8 heteroatoms. The van der Waals surface area contributed by atoms with Crippen molar-refractivity contribution in [3.63, 3.8) is 0 Å². The molecule has 0 spiro atoms. The van der Waals surface area contributed by atoms with Crippen LogP contribution in [0, 0.1) is 5.95 Å². The van der Waals surface area contributed by atoms with E-state index in [9.17, 15) is 22.4 Å². The van der Waals surface area contributed by atoms with Gasteiger partial charge in [-0.1, -0.05) is 18.2 Å². The molecule has 22 heavy (non-hydrogen) atoms. The van der Waals surface area contributed by atoms with Crippen LogP contribution in [0.4, 0.5) is 17.6 Å². The minimum absolute atomic E-state index is 0.0688. The highest BCUT2D eigenvalue weighted by Crippen LogP contribution is 2.27. The third kappa shape index (κ3) is 4.18. The van der Waals surface area contributed by atoms with Crippen molar-refractivity contribution in [2.45, 2.75) is 12.8 Å². The van der Waals surface area contributed by atoms with Crippen molar-refractivity contribution in [3.8, 4) is 17.0 Å². The minimum atomic E-state index is -4.83. The van der Waals surface area contributed by atoms with E-state index in [2.05, 4.69) is 9.72 Å². The highest BCUT2D eigenvalue weighted by atomic mass is 19.4. The zero-order valence-electron chi connectivity index (χ0n) is 10.9. The predicted molar refractivity (Wildman–Crippen MR) is 67.7 cm³/mol. The molecule has 0 saturated carbocycles. The Kier molecular flexibility index (Phi) is 4.30. The number of halogens is 4. The Bertz CT molecular complexity index is 701. The van der Waals surface area contributed by atoms with Crippen molar-refractivity contribution < 1.29 is 32.2 Å². The van der Waals surface area contributed by atoms with Crippen LogP contribution in [0.2, 0.25) is 0 Å². The normalized spacial score (nSPS) is 11.3. The smallest absolute Gasteiger partial charge is 0.481 e. The van der Waals surface area contributed by atoms with Gasteiger partial charge in [-0.3, -0.25) is 4.79 Å². The lowest BCUT2D eigenvalue weighted by molar-refractivity contribution is -0.274. The second kappa shape index (κ2) is 6.00. The first kappa shape index (κ1) is 15.7. The van der Waals surface area contributed by atoms with Crippen molar-refractivity contribution in [1.29, 1.82) is 0 Å². The van der Waals surface area contributed by atoms with E-state index in [4.69, 9.17) is 5.11 Å². The Morgan fingerprint density at radius 3 is 2.55 bits per heavy atom. The largest absolute Gasteiger partial charge is 0.573 e. The molecule has 0 aliphatic heterocycles. The molecule has 0 amide bonds. The molecule has 1 N–H and O–H groups in total. The second-order valence-electron chi connectivity index (χ2n) is 4.29. The maximum atomic E-state index is 13.7. The number of nitrogens with zero attached hydrogens (tertiary/aromatic N) is 1. The fourth-order valence-electron chi connectivity index (χ4n) is 1.77. The average Bonchev–Trinajstić information content (AvgIpc) is 2.39. The van der Waals surface area contributed by atoms with Crippen LogP contribution in [-0.2, 0) is 11.2 Å². The van der Waals surface area contributed by atoms with Crippen molar-refractivity contribution in [2.24, 2.45) is 0 Å². The average molecular weight is 315 g/mol. The summed E-state index contributed by atoms with van der Waals surface area (Å²) in [4.78, 5) is 14.1. The summed E-state index contributed by atoms with van der Waals surface area (Å²) in [6.07, 6.45) is -5.36. The quantitative estimate of drug-likeness (QED) is 0.694. The van der Waals surface area contributed by atoms with Crippen LogP contribution in [0.15, 0.2) is 36.4 Å². The lowest BCUT2D eigenvalue weighted by Crippen LogP contribution is -2.17. The zero-order chi connectivity index (χ0) is 16.3. The highest BCUT2D eigenvalue weighted by Gasteiger charge is 2.31. The summed E-state index contributed by atoms with van der Waals surface area (Å²) >= 11 is 0. The molecule has 1 heterocycles. The molecule has 1 aromatic carbocycles. The number of benzene rings is 1. The van der Waals surface area contributed by atoms with E-state index >= 15 is 0 Å². The van der Waals surface area contributed by atoms with E-state index in [1.54, 1.807) is 0 Å². The molecule has 0 radical (unpaired) electrons. The number of aromatic nitrogens is 1. The van der Waals surface area contributed by atoms with Gasteiger partial charge < -0.3 is 9.84 Å². The van der Waals surface area contributed by atoms with Crippen molar-refractivity contribution in [2.75, 3.05) is 0 Å². The van der Waals surface area contributed by atoms with E-state index in [-0.39, 0.29) is 16.8 Å². The molecule has 0 unspecified atom stereocenters. The number of hydrogen-bond acceptors (Lipinski definition) is 3. The van der Waals surface area contributed by atoms with Gasteiger partial charge in [0.25, 0.3) is 0 Å². The summed E-state index contributed by atoms with van der Waals surface area (Å²) in [5.41, 5.74) is 0.167. The summed E-state index contributed by atoms with van der Waals surface area (Å²) in [5.74, 6) is -2.65. The number of carboxylic acid groups (broad SMARTS) is 1. The fourth-order valence-corrected chi connectivity index (χ4v) is 1.77. The number of carbonyl (C=O) groups is 1. The monoisotopic (exact) mass is 315 g/mol. The van der Waals surface area contributed by atoms with E-state index in [1.807, 2.05) is 0 Å².